The average molecular weight is 335 g/mol. The molecule has 0 saturated heterocycles. The van der Waals surface area contributed by atoms with E-state index in [-0.39, 0.29) is 0 Å². The summed E-state index contributed by atoms with van der Waals surface area (Å²) in [5, 5.41) is 1.33. The number of hydrogen-bond acceptors (Lipinski definition) is 2. The summed E-state index contributed by atoms with van der Waals surface area (Å²) in [6.45, 7) is 0. The molecule has 0 unspecified atom stereocenters. The van der Waals surface area contributed by atoms with Gasteiger partial charge >= 0.3 is 0 Å². The Kier molecular flexibility index (Phi) is 3.46. The summed E-state index contributed by atoms with van der Waals surface area (Å²) in [4.78, 5) is 2.66. The smallest absolute Gasteiger partial charge is 0.0366 e. The summed E-state index contributed by atoms with van der Waals surface area (Å²) in [6.07, 6.45) is 2.12. The van der Waals surface area contributed by atoms with Gasteiger partial charge in [0.15, 0.2) is 0 Å². The molecule has 3 rings (SSSR count). The van der Waals surface area contributed by atoms with Gasteiger partial charge in [-0.2, -0.15) is 0 Å². The fourth-order valence-corrected chi connectivity index (χ4v) is 4.31. The minimum Gasteiger partial charge on any atom is -0.135 e. The molecule has 0 spiro atoms. The van der Waals surface area contributed by atoms with E-state index >= 15 is 0 Å². The Morgan fingerprint density at radius 3 is 2.67 bits per heavy atom. The topological polar surface area (TPSA) is 0 Å². The van der Waals surface area contributed by atoms with Crippen molar-refractivity contribution in [3.63, 3.8) is 0 Å². The maximum absolute atomic E-state index is 3.53. The summed E-state index contributed by atoms with van der Waals surface area (Å²) in [5.41, 5.74) is 1.33. The second-order valence-electron chi connectivity index (χ2n) is 3.99. The van der Waals surface area contributed by atoms with Gasteiger partial charge in [-0.05, 0) is 35.9 Å². The zero-order valence-corrected chi connectivity index (χ0v) is 13.0. The Morgan fingerprint density at radius 1 is 1.06 bits per heavy atom. The molecule has 0 fully saturated rings. The molecular weight excluding hydrogens is 324 g/mol. The third-order valence-corrected chi connectivity index (χ3v) is 5.27. The van der Waals surface area contributed by atoms with Crippen molar-refractivity contribution >= 4 is 49.1 Å². The van der Waals surface area contributed by atoms with Gasteiger partial charge in [0.1, 0.15) is 0 Å². The minimum atomic E-state index is 1.14. The van der Waals surface area contributed by atoms with Gasteiger partial charge in [-0.25, -0.2) is 0 Å². The van der Waals surface area contributed by atoms with Crippen molar-refractivity contribution in [2.75, 3.05) is 6.26 Å². The second kappa shape index (κ2) is 5.08. The molecule has 3 heteroatoms. The van der Waals surface area contributed by atoms with Gasteiger partial charge < -0.3 is 0 Å². The SMILES string of the molecule is CSc1cc(Br)ccc1-c1cc2ccccc2s1. The van der Waals surface area contributed by atoms with Crippen LogP contribution >= 0.6 is 39.0 Å². The lowest BCUT2D eigenvalue weighted by Gasteiger charge is -2.05. The summed E-state index contributed by atoms with van der Waals surface area (Å²) in [6, 6.07) is 17.3. The Labute approximate surface area is 123 Å². The van der Waals surface area contributed by atoms with Crippen LogP contribution in [-0.2, 0) is 0 Å². The molecule has 90 valence electrons. The quantitative estimate of drug-likeness (QED) is 0.514. The lowest BCUT2D eigenvalue weighted by atomic mass is 10.1. The molecule has 0 radical (unpaired) electrons. The van der Waals surface area contributed by atoms with E-state index in [0.29, 0.717) is 0 Å². The Hall–Kier alpha value is -0.770. The van der Waals surface area contributed by atoms with Crippen molar-refractivity contribution in [1.82, 2.24) is 0 Å². The van der Waals surface area contributed by atoms with E-state index in [9.17, 15) is 0 Å². The van der Waals surface area contributed by atoms with Crippen molar-refractivity contribution in [1.29, 1.82) is 0 Å². The van der Waals surface area contributed by atoms with Crippen LogP contribution in [0.2, 0.25) is 0 Å². The minimum absolute atomic E-state index is 1.14. The van der Waals surface area contributed by atoms with E-state index in [1.165, 1.54) is 25.4 Å². The fourth-order valence-electron chi connectivity index (χ4n) is 1.98. The number of hydrogen-bond donors (Lipinski definition) is 0. The lowest BCUT2D eigenvalue weighted by Crippen LogP contribution is -1.78. The van der Waals surface area contributed by atoms with Crippen LogP contribution in [0, 0.1) is 0 Å². The first kappa shape index (κ1) is 12.3. The van der Waals surface area contributed by atoms with Crippen LogP contribution < -0.4 is 0 Å². The van der Waals surface area contributed by atoms with E-state index in [1.54, 1.807) is 11.8 Å². The van der Waals surface area contributed by atoms with Crippen LogP contribution in [0.4, 0.5) is 0 Å². The summed E-state index contributed by atoms with van der Waals surface area (Å²) in [7, 11) is 0. The molecule has 1 aromatic heterocycles. The zero-order chi connectivity index (χ0) is 12.5. The third kappa shape index (κ3) is 2.22. The maximum atomic E-state index is 3.53. The molecule has 0 aliphatic rings. The van der Waals surface area contributed by atoms with Crippen molar-refractivity contribution < 1.29 is 0 Å². The number of rotatable bonds is 2. The van der Waals surface area contributed by atoms with E-state index in [2.05, 4.69) is 70.7 Å². The van der Waals surface area contributed by atoms with Gasteiger partial charge in [0.2, 0.25) is 0 Å². The fraction of sp³-hybridized carbons (Fsp3) is 0.0667. The number of fused-ring (bicyclic) bond motifs is 1. The third-order valence-electron chi connectivity index (χ3n) is 2.85. The Morgan fingerprint density at radius 2 is 1.89 bits per heavy atom. The van der Waals surface area contributed by atoms with Crippen LogP contribution in [0.1, 0.15) is 0 Å². The predicted octanol–water partition coefficient (Wildman–Crippen LogP) is 6.05. The molecule has 0 amide bonds. The monoisotopic (exact) mass is 334 g/mol. The summed E-state index contributed by atoms with van der Waals surface area (Å²) < 4.78 is 2.49. The summed E-state index contributed by atoms with van der Waals surface area (Å²) in [5.74, 6) is 0. The van der Waals surface area contributed by atoms with Gasteiger partial charge in [0, 0.05) is 24.5 Å². The highest BCUT2D eigenvalue weighted by atomic mass is 79.9. The van der Waals surface area contributed by atoms with Gasteiger partial charge in [-0.15, -0.1) is 23.1 Å². The number of thioether (sulfide) groups is 1. The van der Waals surface area contributed by atoms with Crippen LogP contribution in [0.3, 0.4) is 0 Å². The average Bonchev–Trinajstić information content (AvgIpc) is 2.82. The molecule has 3 aromatic rings. The second-order valence-corrected chi connectivity index (χ2v) is 6.84. The zero-order valence-electron chi connectivity index (χ0n) is 9.81. The van der Waals surface area contributed by atoms with Crippen molar-refractivity contribution in [2.45, 2.75) is 4.90 Å². The molecule has 0 nitrogen and oxygen atoms in total. The van der Waals surface area contributed by atoms with Crippen LogP contribution in [0.15, 0.2) is 57.9 Å². The first-order valence-electron chi connectivity index (χ1n) is 5.60. The predicted molar refractivity (Wildman–Crippen MR) is 86.7 cm³/mol. The molecule has 2 aromatic carbocycles. The van der Waals surface area contributed by atoms with Gasteiger partial charge in [-0.1, -0.05) is 40.2 Å². The van der Waals surface area contributed by atoms with Crippen molar-refractivity contribution in [3.8, 4) is 10.4 Å². The van der Waals surface area contributed by atoms with Crippen molar-refractivity contribution in [2.24, 2.45) is 0 Å². The maximum Gasteiger partial charge on any atom is 0.0366 e. The van der Waals surface area contributed by atoms with Crippen LogP contribution in [0.25, 0.3) is 20.5 Å². The molecule has 0 N–H and O–H groups in total. The highest BCUT2D eigenvalue weighted by Crippen LogP contribution is 2.38. The molecule has 0 atom stereocenters. The highest BCUT2D eigenvalue weighted by molar-refractivity contribution is 9.10. The molecule has 18 heavy (non-hydrogen) atoms. The van der Waals surface area contributed by atoms with E-state index in [0.717, 1.165) is 4.47 Å². The number of benzene rings is 2. The molecular formula is C15H11BrS2. The van der Waals surface area contributed by atoms with E-state index < -0.39 is 0 Å². The Balaban J connectivity index is 2.19. The van der Waals surface area contributed by atoms with Crippen LogP contribution in [-0.4, -0.2) is 6.26 Å². The van der Waals surface area contributed by atoms with E-state index in [4.69, 9.17) is 0 Å². The first-order chi connectivity index (χ1) is 8.78. The highest BCUT2D eigenvalue weighted by Gasteiger charge is 2.08. The molecule has 0 bridgehead atoms. The Bertz CT molecular complexity index is 668. The van der Waals surface area contributed by atoms with Gasteiger partial charge in [-0.3, -0.25) is 0 Å². The molecule has 1 heterocycles. The first-order valence-corrected chi connectivity index (χ1v) is 8.44. The standard InChI is InChI=1S/C15H11BrS2/c1-17-14-9-11(16)6-7-12(14)15-8-10-4-2-3-5-13(10)18-15/h2-9H,1H3. The lowest BCUT2D eigenvalue weighted by molar-refractivity contribution is 1.45. The largest absolute Gasteiger partial charge is 0.135 e. The normalized spacial score (nSPS) is 11.0. The van der Waals surface area contributed by atoms with E-state index in [1.807, 2.05) is 11.3 Å². The molecule has 0 saturated carbocycles. The van der Waals surface area contributed by atoms with Gasteiger partial charge in [0.25, 0.3) is 0 Å². The van der Waals surface area contributed by atoms with Gasteiger partial charge in [0.05, 0.1) is 0 Å². The molecule has 0 aliphatic heterocycles. The molecule has 0 aliphatic carbocycles. The summed E-state index contributed by atoms with van der Waals surface area (Å²) >= 11 is 7.18. The number of halogens is 1. The number of thiophene rings is 1. The van der Waals surface area contributed by atoms with Crippen LogP contribution in [0.5, 0.6) is 0 Å². The van der Waals surface area contributed by atoms with Crippen molar-refractivity contribution in [3.05, 3.63) is 53.0 Å².